The fourth-order valence-electron chi connectivity index (χ4n) is 2.19. The van der Waals surface area contributed by atoms with Crippen LogP contribution >= 0.6 is 0 Å². The largest absolute Gasteiger partial charge is 0.453 e. The van der Waals surface area contributed by atoms with Crippen LogP contribution < -0.4 is 10.6 Å². The highest BCUT2D eigenvalue weighted by atomic mass is 16.5. The second-order valence-corrected chi connectivity index (χ2v) is 5.64. The van der Waals surface area contributed by atoms with Gasteiger partial charge < -0.3 is 15.4 Å². The van der Waals surface area contributed by atoms with Crippen molar-refractivity contribution in [3.8, 4) is 0 Å². The molecule has 0 saturated heterocycles. The molecule has 1 heterocycles. The average Bonchev–Trinajstić information content (AvgIpc) is 3.05. The van der Waals surface area contributed by atoms with Crippen LogP contribution in [0, 0.1) is 5.92 Å². The lowest BCUT2D eigenvalue weighted by Gasteiger charge is -2.21. The number of alkyl carbamates (subject to hydrolysis) is 1. The number of nitrogens with one attached hydrogen (secondary N) is 2. The molecule has 0 spiro atoms. The first kappa shape index (κ1) is 17.5. The van der Waals surface area contributed by atoms with Crippen molar-refractivity contribution in [2.75, 3.05) is 12.4 Å². The van der Waals surface area contributed by atoms with E-state index in [-0.39, 0.29) is 11.8 Å². The Morgan fingerprint density at radius 2 is 2.12 bits per heavy atom. The third-order valence-corrected chi connectivity index (χ3v) is 3.41. The van der Waals surface area contributed by atoms with Crippen LogP contribution in [0.1, 0.15) is 19.4 Å². The second-order valence-electron chi connectivity index (χ2n) is 5.64. The highest BCUT2D eigenvalue weighted by Gasteiger charge is 2.24. The maximum Gasteiger partial charge on any atom is 0.407 e. The van der Waals surface area contributed by atoms with E-state index < -0.39 is 12.1 Å². The van der Waals surface area contributed by atoms with Gasteiger partial charge in [-0.15, -0.1) is 0 Å². The maximum atomic E-state index is 12.4. The first-order chi connectivity index (χ1) is 11.5. The fourth-order valence-corrected chi connectivity index (χ4v) is 2.19. The number of rotatable bonds is 6. The molecule has 0 radical (unpaired) electrons. The summed E-state index contributed by atoms with van der Waals surface area (Å²) in [5.74, 6) is -0.379. The van der Waals surface area contributed by atoms with Gasteiger partial charge >= 0.3 is 6.09 Å². The molecule has 1 aromatic carbocycles. The van der Waals surface area contributed by atoms with Crippen LogP contribution in [0.4, 0.5) is 10.5 Å². The summed E-state index contributed by atoms with van der Waals surface area (Å²) in [5.41, 5.74) is 1.62. The van der Waals surface area contributed by atoms with Crippen molar-refractivity contribution in [1.29, 1.82) is 0 Å². The van der Waals surface area contributed by atoms with E-state index in [1.165, 1.54) is 13.4 Å². The number of benzene rings is 1. The lowest BCUT2D eigenvalue weighted by Crippen LogP contribution is -2.47. The van der Waals surface area contributed by atoms with E-state index in [4.69, 9.17) is 0 Å². The average molecular weight is 331 g/mol. The summed E-state index contributed by atoms with van der Waals surface area (Å²) in [6.45, 7) is 4.25. The van der Waals surface area contributed by atoms with Crippen molar-refractivity contribution in [3.05, 3.63) is 42.5 Å². The van der Waals surface area contributed by atoms with Gasteiger partial charge in [-0.2, -0.15) is 5.10 Å². The van der Waals surface area contributed by atoms with Crippen molar-refractivity contribution in [2.24, 2.45) is 5.92 Å². The summed E-state index contributed by atoms with van der Waals surface area (Å²) in [6.07, 6.45) is 2.46. The number of nitrogens with zero attached hydrogens (tertiary/aromatic N) is 3. The number of carbonyl (C=O) groups excluding carboxylic acids is 2. The van der Waals surface area contributed by atoms with Gasteiger partial charge in [-0.05, 0) is 23.6 Å². The molecule has 2 amide bonds. The van der Waals surface area contributed by atoms with E-state index in [0.717, 1.165) is 5.56 Å². The van der Waals surface area contributed by atoms with Gasteiger partial charge in [0.15, 0.2) is 0 Å². The molecule has 2 aromatic rings. The van der Waals surface area contributed by atoms with Gasteiger partial charge in [-0.25, -0.2) is 14.5 Å². The molecule has 2 rings (SSSR count). The maximum absolute atomic E-state index is 12.4. The quantitative estimate of drug-likeness (QED) is 0.838. The van der Waals surface area contributed by atoms with Crippen LogP contribution in [0.15, 0.2) is 36.9 Å². The minimum Gasteiger partial charge on any atom is -0.453 e. The van der Waals surface area contributed by atoms with E-state index in [1.807, 2.05) is 32.0 Å². The van der Waals surface area contributed by atoms with E-state index in [0.29, 0.717) is 12.2 Å². The van der Waals surface area contributed by atoms with E-state index >= 15 is 0 Å². The first-order valence-electron chi connectivity index (χ1n) is 7.56. The molecule has 1 atom stereocenters. The number of ether oxygens (including phenoxy) is 1. The molecule has 0 unspecified atom stereocenters. The van der Waals surface area contributed by atoms with E-state index in [1.54, 1.807) is 17.1 Å². The fraction of sp³-hybridized carbons (Fsp3) is 0.375. The summed E-state index contributed by atoms with van der Waals surface area (Å²) < 4.78 is 6.25. The summed E-state index contributed by atoms with van der Waals surface area (Å²) in [6, 6.07) is 6.74. The topological polar surface area (TPSA) is 98.1 Å². The molecule has 0 aliphatic rings. The number of hydrogen-bond donors (Lipinski definition) is 2. The molecule has 0 aliphatic heterocycles. The zero-order valence-electron chi connectivity index (χ0n) is 13.9. The Kier molecular flexibility index (Phi) is 5.89. The zero-order chi connectivity index (χ0) is 17.5. The number of hydrogen-bond acceptors (Lipinski definition) is 5. The molecule has 0 bridgehead atoms. The van der Waals surface area contributed by atoms with Gasteiger partial charge in [-0.3, -0.25) is 4.79 Å². The van der Waals surface area contributed by atoms with Crippen molar-refractivity contribution in [3.63, 3.8) is 0 Å². The normalized spacial score (nSPS) is 11.8. The predicted molar refractivity (Wildman–Crippen MR) is 88.4 cm³/mol. The predicted octanol–water partition coefficient (Wildman–Crippen LogP) is 1.65. The zero-order valence-corrected chi connectivity index (χ0v) is 13.9. The monoisotopic (exact) mass is 331 g/mol. The SMILES string of the molecule is COC(=O)N[C@@H](C(=O)Nc1cccc(Cn2cncn2)c1)C(C)C. The van der Waals surface area contributed by atoms with Crippen LogP contribution in [0.3, 0.4) is 0 Å². The van der Waals surface area contributed by atoms with Crippen LogP contribution in [0.2, 0.25) is 0 Å². The highest BCUT2D eigenvalue weighted by Crippen LogP contribution is 2.13. The summed E-state index contributed by atoms with van der Waals surface area (Å²) in [4.78, 5) is 27.7. The van der Waals surface area contributed by atoms with Gasteiger partial charge in [0.2, 0.25) is 5.91 Å². The third kappa shape index (κ3) is 4.80. The van der Waals surface area contributed by atoms with Gasteiger partial charge in [0.25, 0.3) is 0 Å². The minimum atomic E-state index is -0.684. The molecule has 0 fully saturated rings. The van der Waals surface area contributed by atoms with Crippen LogP contribution in [-0.2, 0) is 16.1 Å². The Hall–Kier alpha value is -2.90. The molecule has 0 aliphatic carbocycles. The first-order valence-corrected chi connectivity index (χ1v) is 7.56. The van der Waals surface area contributed by atoms with E-state index in [2.05, 4.69) is 25.5 Å². The third-order valence-electron chi connectivity index (χ3n) is 3.41. The minimum absolute atomic E-state index is 0.0811. The summed E-state index contributed by atoms with van der Waals surface area (Å²) >= 11 is 0. The van der Waals surface area contributed by atoms with Crippen LogP contribution in [0.25, 0.3) is 0 Å². The van der Waals surface area contributed by atoms with Crippen LogP contribution in [0.5, 0.6) is 0 Å². The van der Waals surface area contributed by atoms with Crippen molar-refractivity contribution in [1.82, 2.24) is 20.1 Å². The van der Waals surface area contributed by atoms with E-state index in [9.17, 15) is 9.59 Å². The standard InChI is InChI=1S/C16H21N5O3/c1-11(2)14(20-16(23)24-3)15(22)19-13-6-4-5-12(7-13)8-21-10-17-9-18-21/h4-7,9-11,14H,8H2,1-3H3,(H,19,22)(H,20,23)/t14-/m1/s1. The number of methoxy groups -OCH3 is 1. The molecule has 2 N–H and O–H groups in total. The van der Waals surface area contributed by atoms with Gasteiger partial charge in [0, 0.05) is 5.69 Å². The Bertz CT molecular complexity index is 685. The molecular weight excluding hydrogens is 310 g/mol. The Morgan fingerprint density at radius 3 is 2.75 bits per heavy atom. The lowest BCUT2D eigenvalue weighted by atomic mass is 10.0. The smallest absolute Gasteiger partial charge is 0.407 e. The highest BCUT2D eigenvalue weighted by molar-refractivity contribution is 5.96. The molecule has 24 heavy (non-hydrogen) atoms. The number of anilines is 1. The number of carbonyl (C=O) groups is 2. The Labute approximate surface area is 140 Å². The molecule has 8 nitrogen and oxygen atoms in total. The summed E-state index contributed by atoms with van der Waals surface area (Å²) in [5, 5.41) is 9.41. The van der Waals surface area contributed by atoms with Crippen molar-refractivity contribution < 1.29 is 14.3 Å². The van der Waals surface area contributed by atoms with Gasteiger partial charge in [-0.1, -0.05) is 26.0 Å². The Balaban J connectivity index is 2.05. The van der Waals surface area contributed by atoms with Gasteiger partial charge in [0.05, 0.1) is 13.7 Å². The number of aromatic nitrogens is 3. The summed E-state index contributed by atoms with van der Waals surface area (Å²) in [7, 11) is 1.26. The molecule has 0 saturated carbocycles. The molecule has 1 aromatic heterocycles. The van der Waals surface area contributed by atoms with Gasteiger partial charge in [0.1, 0.15) is 18.7 Å². The van der Waals surface area contributed by atoms with Crippen molar-refractivity contribution >= 4 is 17.7 Å². The second kappa shape index (κ2) is 8.09. The molecular formula is C16H21N5O3. The molecule has 8 heteroatoms. The number of amides is 2. The van der Waals surface area contributed by atoms with Crippen LogP contribution in [-0.4, -0.2) is 39.9 Å². The lowest BCUT2D eigenvalue weighted by molar-refractivity contribution is -0.119. The Morgan fingerprint density at radius 1 is 1.33 bits per heavy atom. The molecule has 128 valence electrons. The van der Waals surface area contributed by atoms with Crippen molar-refractivity contribution in [2.45, 2.75) is 26.4 Å².